The van der Waals surface area contributed by atoms with E-state index in [1.54, 1.807) is 24.3 Å². The lowest BCUT2D eigenvalue weighted by Gasteiger charge is -2.24. The predicted molar refractivity (Wildman–Crippen MR) is 87.4 cm³/mol. The highest BCUT2D eigenvalue weighted by Gasteiger charge is 2.15. The number of hydrogen-bond donors (Lipinski definition) is 2. The van der Waals surface area contributed by atoms with Gasteiger partial charge in [-0.2, -0.15) is 0 Å². The molecule has 0 radical (unpaired) electrons. The molecule has 22 heavy (non-hydrogen) atoms. The van der Waals surface area contributed by atoms with Crippen LogP contribution in [0.1, 0.15) is 22.0 Å². The van der Waals surface area contributed by atoms with Crippen molar-refractivity contribution in [2.24, 2.45) is 0 Å². The average molecular weight is 317 g/mol. The van der Waals surface area contributed by atoms with Crippen LogP contribution in [-0.4, -0.2) is 25.6 Å². The van der Waals surface area contributed by atoms with Gasteiger partial charge in [-0.25, -0.2) is 0 Å². The Hall–Kier alpha value is -1.88. The van der Waals surface area contributed by atoms with E-state index < -0.39 is 0 Å². The Balaban J connectivity index is 1.66. The first-order valence-electron chi connectivity index (χ1n) is 7.21. The van der Waals surface area contributed by atoms with Crippen LogP contribution in [0.15, 0.2) is 48.5 Å². The van der Waals surface area contributed by atoms with Crippen molar-refractivity contribution in [3.63, 3.8) is 0 Å². The molecule has 1 heterocycles. The van der Waals surface area contributed by atoms with Gasteiger partial charge in [0.05, 0.1) is 12.7 Å². The molecule has 2 aromatic carbocycles. The Kier molecular flexibility index (Phi) is 4.73. The van der Waals surface area contributed by atoms with Gasteiger partial charge in [-0.05, 0) is 35.9 Å². The molecular formula is C17H17ClN2O2. The molecule has 4 nitrogen and oxygen atoms in total. The average Bonchev–Trinajstić information content (AvgIpc) is 2.56. The molecule has 114 valence electrons. The number of amides is 1. The van der Waals surface area contributed by atoms with Gasteiger partial charge in [0.2, 0.25) is 0 Å². The van der Waals surface area contributed by atoms with Crippen LogP contribution in [0, 0.1) is 0 Å². The summed E-state index contributed by atoms with van der Waals surface area (Å²) in [7, 11) is 0. The van der Waals surface area contributed by atoms with Gasteiger partial charge in [0.25, 0.3) is 5.91 Å². The van der Waals surface area contributed by atoms with E-state index in [1.165, 1.54) is 0 Å². The molecule has 0 aliphatic carbocycles. The monoisotopic (exact) mass is 316 g/mol. The van der Waals surface area contributed by atoms with Crippen LogP contribution in [0.2, 0.25) is 5.02 Å². The second kappa shape index (κ2) is 6.92. The molecule has 5 heteroatoms. The number of ether oxygens (including phenoxy) is 1. The summed E-state index contributed by atoms with van der Waals surface area (Å²) < 4.78 is 5.70. The summed E-state index contributed by atoms with van der Waals surface area (Å²) in [6, 6.07) is 14.6. The molecule has 0 spiro atoms. The van der Waals surface area contributed by atoms with Gasteiger partial charge in [-0.3, -0.25) is 4.79 Å². The maximum Gasteiger partial charge on any atom is 0.255 e. The Morgan fingerprint density at radius 1 is 1.23 bits per heavy atom. The molecule has 1 amide bonds. The molecule has 1 fully saturated rings. The van der Waals surface area contributed by atoms with Crippen molar-refractivity contribution in [3.05, 3.63) is 64.7 Å². The highest BCUT2D eigenvalue weighted by molar-refractivity contribution is 6.31. The summed E-state index contributed by atoms with van der Waals surface area (Å²) in [5, 5.41) is 6.71. The van der Waals surface area contributed by atoms with E-state index in [0.717, 1.165) is 30.9 Å². The molecule has 1 atom stereocenters. The third-order valence-corrected chi connectivity index (χ3v) is 3.79. The first-order chi connectivity index (χ1) is 10.7. The lowest BCUT2D eigenvalue weighted by atomic mass is 10.1. The maximum absolute atomic E-state index is 12.1. The van der Waals surface area contributed by atoms with Crippen molar-refractivity contribution in [2.75, 3.05) is 25.0 Å². The summed E-state index contributed by atoms with van der Waals surface area (Å²) in [6.45, 7) is 2.43. The van der Waals surface area contributed by atoms with Crippen LogP contribution in [0.5, 0.6) is 0 Å². The zero-order chi connectivity index (χ0) is 15.4. The smallest absolute Gasteiger partial charge is 0.255 e. The van der Waals surface area contributed by atoms with Crippen molar-refractivity contribution in [1.29, 1.82) is 0 Å². The summed E-state index contributed by atoms with van der Waals surface area (Å²) in [4.78, 5) is 12.1. The molecule has 2 aromatic rings. The zero-order valence-corrected chi connectivity index (χ0v) is 12.8. The topological polar surface area (TPSA) is 50.4 Å². The minimum absolute atomic E-state index is 0.0754. The lowest BCUT2D eigenvalue weighted by molar-refractivity contribution is 0.0277. The number of hydrogen-bond acceptors (Lipinski definition) is 3. The highest BCUT2D eigenvalue weighted by atomic mass is 35.5. The molecule has 0 saturated carbocycles. The zero-order valence-electron chi connectivity index (χ0n) is 12.0. The molecule has 0 bridgehead atoms. The number of anilines is 1. The minimum Gasteiger partial charge on any atom is -0.371 e. The van der Waals surface area contributed by atoms with E-state index in [9.17, 15) is 4.79 Å². The van der Waals surface area contributed by atoms with E-state index >= 15 is 0 Å². The second-order valence-corrected chi connectivity index (χ2v) is 5.59. The van der Waals surface area contributed by atoms with E-state index in [2.05, 4.69) is 10.6 Å². The largest absolute Gasteiger partial charge is 0.371 e. The number of morpholine rings is 1. The van der Waals surface area contributed by atoms with Crippen LogP contribution in [0.25, 0.3) is 0 Å². The number of nitrogens with one attached hydrogen (secondary N) is 2. The van der Waals surface area contributed by atoms with Crippen molar-refractivity contribution in [1.82, 2.24) is 5.32 Å². The van der Waals surface area contributed by atoms with Crippen LogP contribution in [-0.2, 0) is 4.74 Å². The number of halogens is 1. The first-order valence-corrected chi connectivity index (χ1v) is 7.59. The number of benzene rings is 2. The van der Waals surface area contributed by atoms with Gasteiger partial charge >= 0.3 is 0 Å². The fourth-order valence-corrected chi connectivity index (χ4v) is 2.58. The van der Waals surface area contributed by atoms with E-state index in [1.807, 2.05) is 24.3 Å². The fourth-order valence-electron chi connectivity index (χ4n) is 2.39. The molecule has 1 aliphatic rings. The lowest BCUT2D eigenvalue weighted by Crippen LogP contribution is -2.33. The van der Waals surface area contributed by atoms with Gasteiger partial charge in [0, 0.05) is 29.4 Å². The van der Waals surface area contributed by atoms with Crippen molar-refractivity contribution in [3.8, 4) is 0 Å². The van der Waals surface area contributed by atoms with Crippen LogP contribution < -0.4 is 10.6 Å². The molecular weight excluding hydrogens is 300 g/mol. The molecule has 1 aliphatic heterocycles. The van der Waals surface area contributed by atoms with Gasteiger partial charge in [-0.1, -0.05) is 29.8 Å². The van der Waals surface area contributed by atoms with Gasteiger partial charge in [-0.15, -0.1) is 0 Å². The van der Waals surface area contributed by atoms with E-state index in [0.29, 0.717) is 10.6 Å². The maximum atomic E-state index is 12.1. The van der Waals surface area contributed by atoms with Gasteiger partial charge in [0.1, 0.15) is 0 Å². The first kappa shape index (κ1) is 15.0. The standard InChI is InChI=1S/C17H17ClN2O2/c18-14-3-1-2-13(10-14)17(21)20-15-6-4-12(5-7-15)16-11-19-8-9-22-16/h1-7,10,16,19H,8-9,11H2,(H,20,21). The van der Waals surface area contributed by atoms with Gasteiger partial charge in [0.15, 0.2) is 0 Å². The SMILES string of the molecule is O=C(Nc1ccc(C2CNCCO2)cc1)c1cccc(Cl)c1. The Labute approximate surface area is 134 Å². The summed E-state index contributed by atoms with van der Waals surface area (Å²) in [5.74, 6) is -0.175. The Bertz CT molecular complexity index is 652. The summed E-state index contributed by atoms with van der Waals surface area (Å²) in [5.41, 5.74) is 2.39. The molecule has 2 N–H and O–H groups in total. The molecule has 3 rings (SSSR count). The predicted octanol–water partition coefficient (Wildman–Crippen LogP) is 3.25. The van der Waals surface area contributed by atoms with Crippen LogP contribution in [0.3, 0.4) is 0 Å². The number of carbonyl (C=O) groups excluding carboxylic acids is 1. The van der Waals surface area contributed by atoms with E-state index in [4.69, 9.17) is 16.3 Å². The minimum atomic E-state index is -0.175. The highest BCUT2D eigenvalue weighted by Crippen LogP contribution is 2.21. The van der Waals surface area contributed by atoms with Gasteiger partial charge < -0.3 is 15.4 Å². The van der Waals surface area contributed by atoms with Crippen LogP contribution in [0.4, 0.5) is 5.69 Å². The Morgan fingerprint density at radius 2 is 2.05 bits per heavy atom. The number of carbonyl (C=O) groups is 1. The molecule has 1 saturated heterocycles. The quantitative estimate of drug-likeness (QED) is 0.914. The van der Waals surface area contributed by atoms with Crippen molar-refractivity contribution < 1.29 is 9.53 Å². The second-order valence-electron chi connectivity index (χ2n) is 5.15. The fraction of sp³-hybridized carbons (Fsp3) is 0.235. The molecule has 1 unspecified atom stereocenters. The van der Waals surface area contributed by atoms with Crippen molar-refractivity contribution in [2.45, 2.75) is 6.10 Å². The van der Waals surface area contributed by atoms with Crippen molar-refractivity contribution >= 4 is 23.2 Å². The Morgan fingerprint density at radius 3 is 2.73 bits per heavy atom. The third-order valence-electron chi connectivity index (χ3n) is 3.55. The molecule has 0 aromatic heterocycles. The van der Waals surface area contributed by atoms with E-state index in [-0.39, 0.29) is 12.0 Å². The third kappa shape index (κ3) is 3.65. The normalized spacial score (nSPS) is 18.0. The van der Waals surface area contributed by atoms with Crippen LogP contribution >= 0.6 is 11.6 Å². The summed E-state index contributed by atoms with van der Waals surface area (Å²) in [6.07, 6.45) is 0.0754. The number of rotatable bonds is 3. The summed E-state index contributed by atoms with van der Waals surface area (Å²) >= 11 is 5.90.